The summed E-state index contributed by atoms with van der Waals surface area (Å²) in [6.07, 6.45) is -4.52. The van der Waals surface area contributed by atoms with Crippen LogP contribution in [0, 0.1) is 18.4 Å². The van der Waals surface area contributed by atoms with Crippen LogP contribution in [0.1, 0.15) is 17.0 Å². The average molecular weight is 353 g/mol. The van der Waals surface area contributed by atoms with Crippen molar-refractivity contribution in [3.05, 3.63) is 35.2 Å². The first kappa shape index (κ1) is 18.1. The van der Waals surface area contributed by atoms with Crippen LogP contribution in [-0.2, 0) is 13.2 Å². The molecule has 0 amide bonds. The molecule has 24 heavy (non-hydrogen) atoms. The van der Waals surface area contributed by atoms with Gasteiger partial charge in [-0.05, 0) is 18.6 Å². The van der Waals surface area contributed by atoms with Crippen LogP contribution >= 0.6 is 0 Å². The molecule has 0 bridgehead atoms. The lowest BCUT2D eigenvalue weighted by Crippen LogP contribution is -2.16. The van der Waals surface area contributed by atoms with E-state index < -0.39 is 19.9 Å². The van der Waals surface area contributed by atoms with E-state index in [1.807, 2.05) is 13.0 Å². The molecule has 4 nitrogen and oxygen atoms in total. The standard InChI is InChI=1S/C16H18F3N3OSi/c1-11-8-12(6-7-24(3,4)5)20-14(9-11)23-15-10-13(16(17,18)19)21-22(15)2/h8-10H,1-5H3. The monoisotopic (exact) mass is 353 g/mol. The fourth-order valence-corrected chi connectivity index (χ4v) is 2.30. The van der Waals surface area contributed by atoms with Gasteiger partial charge < -0.3 is 4.74 Å². The summed E-state index contributed by atoms with van der Waals surface area (Å²) in [5.41, 5.74) is 3.58. The molecular formula is C16H18F3N3OSi. The van der Waals surface area contributed by atoms with Gasteiger partial charge >= 0.3 is 6.18 Å². The zero-order chi connectivity index (χ0) is 18.1. The number of halogens is 3. The van der Waals surface area contributed by atoms with Crippen molar-refractivity contribution in [3.8, 4) is 23.2 Å². The predicted molar refractivity (Wildman–Crippen MR) is 87.5 cm³/mol. The number of hydrogen-bond acceptors (Lipinski definition) is 3. The van der Waals surface area contributed by atoms with Crippen LogP contribution in [0.15, 0.2) is 18.2 Å². The van der Waals surface area contributed by atoms with E-state index in [0.717, 1.165) is 16.3 Å². The van der Waals surface area contributed by atoms with Gasteiger partial charge in [0.25, 0.3) is 0 Å². The van der Waals surface area contributed by atoms with Crippen LogP contribution in [0.3, 0.4) is 0 Å². The predicted octanol–water partition coefficient (Wildman–Crippen LogP) is 4.16. The number of nitrogens with zero attached hydrogens (tertiary/aromatic N) is 3. The second kappa shape index (κ2) is 6.32. The second-order valence-corrected chi connectivity index (χ2v) is 11.2. The Kier molecular flexibility index (Phi) is 4.76. The Morgan fingerprint density at radius 2 is 1.83 bits per heavy atom. The van der Waals surface area contributed by atoms with Crippen LogP contribution < -0.4 is 4.74 Å². The van der Waals surface area contributed by atoms with E-state index in [1.54, 1.807) is 6.07 Å². The van der Waals surface area contributed by atoms with Crippen molar-refractivity contribution in [2.24, 2.45) is 7.05 Å². The van der Waals surface area contributed by atoms with Crippen molar-refractivity contribution in [3.63, 3.8) is 0 Å². The van der Waals surface area contributed by atoms with Crippen LogP contribution in [-0.4, -0.2) is 22.8 Å². The summed E-state index contributed by atoms with van der Waals surface area (Å²) >= 11 is 0. The molecule has 0 aliphatic heterocycles. The molecule has 2 aromatic heterocycles. The van der Waals surface area contributed by atoms with Crippen LogP contribution in [0.2, 0.25) is 19.6 Å². The third-order valence-corrected chi connectivity index (χ3v) is 3.72. The Bertz CT molecular complexity index is 811. The molecule has 0 saturated carbocycles. The Morgan fingerprint density at radius 1 is 1.17 bits per heavy atom. The average Bonchev–Trinajstić information content (AvgIpc) is 2.77. The molecule has 0 unspecified atom stereocenters. The summed E-state index contributed by atoms with van der Waals surface area (Å²) in [4.78, 5) is 4.25. The van der Waals surface area contributed by atoms with Crippen molar-refractivity contribution in [2.75, 3.05) is 0 Å². The van der Waals surface area contributed by atoms with Crippen molar-refractivity contribution in [1.29, 1.82) is 0 Å². The van der Waals surface area contributed by atoms with Crippen molar-refractivity contribution >= 4 is 8.07 Å². The highest BCUT2D eigenvalue weighted by atomic mass is 28.3. The van der Waals surface area contributed by atoms with Crippen molar-refractivity contribution in [2.45, 2.75) is 32.7 Å². The number of aryl methyl sites for hydroxylation is 2. The quantitative estimate of drug-likeness (QED) is 0.601. The summed E-state index contributed by atoms with van der Waals surface area (Å²) in [6.45, 7) is 8.18. The van der Waals surface area contributed by atoms with Crippen molar-refractivity contribution < 1.29 is 17.9 Å². The smallest absolute Gasteiger partial charge is 0.421 e. The first-order chi connectivity index (χ1) is 10.9. The summed E-state index contributed by atoms with van der Waals surface area (Å²) in [5, 5.41) is 3.41. The highest BCUT2D eigenvalue weighted by Gasteiger charge is 2.35. The number of ether oxygens (including phenoxy) is 1. The van der Waals surface area contributed by atoms with E-state index in [-0.39, 0.29) is 11.8 Å². The fourth-order valence-electron chi connectivity index (χ4n) is 1.79. The van der Waals surface area contributed by atoms with E-state index in [9.17, 15) is 13.2 Å². The third kappa shape index (κ3) is 4.86. The van der Waals surface area contributed by atoms with Crippen LogP contribution in [0.25, 0.3) is 0 Å². The third-order valence-electron chi connectivity index (χ3n) is 2.85. The first-order valence-electron chi connectivity index (χ1n) is 7.25. The van der Waals surface area contributed by atoms with Crippen molar-refractivity contribution in [1.82, 2.24) is 14.8 Å². The fraction of sp³-hybridized carbons (Fsp3) is 0.375. The maximum atomic E-state index is 12.7. The normalized spacial score (nSPS) is 11.8. The summed E-state index contributed by atoms with van der Waals surface area (Å²) in [5.74, 6) is 3.16. The molecule has 0 aromatic carbocycles. The van der Waals surface area contributed by atoms with E-state index >= 15 is 0 Å². The number of alkyl halides is 3. The molecule has 2 aromatic rings. The largest absolute Gasteiger partial charge is 0.435 e. The lowest BCUT2D eigenvalue weighted by atomic mass is 10.2. The van der Waals surface area contributed by atoms with Gasteiger partial charge in [-0.3, -0.25) is 0 Å². The molecule has 2 heterocycles. The molecule has 0 aliphatic carbocycles. The molecule has 0 radical (unpaired) electrons. The zero-order valence-corrected chi connectivity index (χ0v) is 15.1. The zero-order valence-electron chi connectivity index (χ0n) is 14.1. The van der Waals surface area contributed by atoms with Gasteiger partial charge in [-0.25, -0.2) is 9.67 Å². The Morgan fingerprint density at radius 3 is 2.38 bits per heavy atom. The Labute approximate surface area is 139 Å². The summed E-state index contributed by atoms with van der Waals surface area (Å²) < 4.78 is 44.6. The molecule has 0 atom stereocenters. The highest BCUT2D eigenvalue weighted by molar-refractivity contribution is 6.83. The minimum atomic E-state index is -4.52. The molecule has 0 fully saturated rings. The van der Waals surface area contributed by atoms with Gasteiger partial charge in [-0.15, -0.1) is 5.54 Å². The molecule has 0 N–H and O–H groups in total. The maximum Gasteiger partial charge on any atom is 0.435 e. The van der Waals surface area contributed by atoms with Gasteiger partial charge in [-0.1, -0.05) is 25.6 Å². The van der Waals surface area contributed by atoms with E-state index in [2.05, 4.69) is 41.2 Å². The number of aromatic nitrogens is 3. The van der Waals surface area contributed by atoms with Gasteiger partial charge in [0.2, 0.25) is 11.8 Å². The minimum absolute atomic E-state index is 0.0375. The molecule has 128 valence electrons. The van der Waals surface area contributed by atoms with Gasteiger partial charge in [0, 0.05) is 19.2 Å². The van der Waals surface area contributed by atoms with E-state index in [4.69, 9.17) is 4.74 Å². The number of hydrogen-bond donors (Lipinski definition) is 0. The molecule has 0 spiro atoms. The van der Waals surface area contributed by atoms with Gasteiger partial charge in [0.05, 0.1) is 0 Å². The summed E-state index contributed by atoms with van der Waals surface area (Å²) in [6, 6.07) is 4.29. The second-order valence-electron chi connectivity index (χ2n) is 6.46. The highest BCUT2D eigenvalue weighted by Crippen LogP contribution is 2.31. The topological polar surface area (TPSA) is 39.9 Å². The van der Waals surface area contributed by atoms with E-state index in [1.165, 1.54) is 7.05 Å². The lowest BCUT2D eigenvalue weighted by Gasteiger charge is -2.07. The van der Waals surface area contributed by atoms with E-state index in [0.29, 0.717) is 5.69 Å². The van der Waals surface area contributed by atoms with Gasteiger partial charge in [0.1, 0.15) is 13.8 Å². The lowest BCUT2D eigenvalue weighted by molar-refractivity contribution is -0.141. The maximum absolute atomic E-state index is 12.7. The first-order valence-corrected chi connectivity index (χ1v) is 10.7. The molecular weight excluding hydrogens is 335 g/mol. The molecule has 8 heteroatoms. The van der Waals surface area contributed by atoms with Crippen LogP contribution in [0.4, 0.5) is 13.2 Å². The van der Waals surface area contributed by atoms with Crippen LogP contribution in [0.5, 0.6) is 11.8 Å². The molecule has 0 aliphatic rings. The number of rotatable bonds is 2. The SMILES string of the molecule is Cc1cc(C#C[Si](C)(C)C)nc(Oc2cc(C(F)(F)F)nn2C)c1. The Hall–Kier alpha value is -2.27. The molecule has 0 saturated heterocycles. The molecule has 2 rings (SSSR count). The number of pyridine rings is 1. The van der Waals surface area contributed by atoms with Gasteiger partial charge in [-0.2, -0.15) is 18.3 Å². The Balaban J connectivity index is 2.32. The summed E-state index contributed by atoms with van der Waals surface area (Å²) in [7, 11) is -0.175. The van der Waals surface area contributed by atoms with Gasteiger partial charge in [0.15, 0.2) is 5.69 Å². The minimum Gasteiger partial charge on any atom is -0.421 e.